The average molecular weight is 289 g/mol. The van der Waals surface area contributed by atoms with Crippen LogP contribution in [-0.2, 0) is 0 Å². The largest absolute Gasteiger partial charge is 0.322 e. The molecule has 2 rings (SSSR count). The van der Waals surface area contributed by atoms with Gasteiger partial charge in [0.2, 0.25) is 0 Å². The van der Waals surface area contributed by atoms with Crippen molar-refractivity contribution in [2.75, 3.05) is 11.1 Å². The van der Waals surface area contributed by atoms with Crippen molar-refractivity contribution in [2.24, 2.45) is 0 Å². The van der Waals surface area contributed by atoms with Crippen molar-refractivity contribution in [1.29, 1.82) is 0 Å². The smallest absolute Gasteiger partial charge is 0.256 e. The van der Waals surface area contributed by atoms with Crippen molar-refractivity contribution in [1.82, 2.24) is 0 Å². The predicted octanol–water partition coefficient (Wildman–Crippen LogP) is 4.58. The van der Waals surface area contributed by atoms with E-state index in [4.69, 9.17) is 0 Å². The molecule has 0 spiro atoms. The van der Waals surface area contributed by atoms with Gasteiger partial charge in [-0.15, -0.1) is 11.8 Å². The van der Waals surface area contributed by atoms with Crippen LogP contribution in [0.3, 0.4) is 0 Å². The third-order valence-corrected chi connectivity index (χ3v) is 3.96. The predicted molar refractivity (Wildman–Crippen MR) is 81.8 cm³/mol. The lowest BCUT2D eigenvalue weighted by molar-refractivity contribution is 0.102. The van der Waals surface area contributed by atoms with Crippen LogP contribution in [0.4, 0.5) is 10.1 Å². The second-order valence-corrected chi connectivity index (χ2v) is 5.45. The fourth-order valence-corrected chi connectivity index (χ4v) is 2.67. The second-order valence-electron chi connectivity index (χ2n) is 4.31. The van der Waals surface area contributed by atoms with E-state index in [0.29, 0.717) is 11.3 Å². The van der Waals surface area contributed by atoms with E-state index in [1.54, 1.807) is 30.0 Å². The summed E-state index contributed by atoms with van der Waals surface area (Å²) in [5, 5.41) is 2.72. The number of amides is 1. The summed E-state index contributed by atoms with van der Waals surface area (Å²) in [5.41, 5.74) is 1.08. The third-order valence-electron chi connectivity index (χ3n) is 2.68. The number of halogens is 1. The van der Waals surface area contributed by atoms with E-state index in [0.717, 1.165) is 17.1 Å². The maximum absolute atomic E-state index is 13.1. The minimum atomic E-state index is -0.364. The molecule has 104 valence electrons. The maximum Gasteiger partial charge on any atom is 0.256 e. The fourth-order valence-electron chi connectivity index (χ4n) is 1.76. The summed E-state index contributed by atoms with van der Waals surface area (Å²) in [6, 6.07) is 13.4. The molecule has 2 nitrogen and oxygen atoms in total. The molecule has 0 saturated carbocycles. The van der Waals surface area contributed by atoms with E-state index in [2.05, 4.69) is 12.2 Å². The SMILES string of the molecule is CCCSc1ccccc1C(=O)Nc1cccc(F)c1. The Morgan fingerprint density at radius 1 is 1.20 bits per heavy atom. The molecule has 0 heterocycles. The first-order valence-electron chi connectivity index (χ1n) is 6.49. The first-order valence-corrected chi connectivity index (χ1v) is 7.48. The van der Waals surface area contributed by atoms with Gasteiger partial charge in [-0.1, -0.05) is 25.1 Å². The van der Waals surface area contributed by atoms with Crippen LogP contribution in [0.2, 0.25) is 0 Å². The molecule has 0 bridgehead atoms. The molecule has 1 amide bonds. The molecule has 20 heavy (non-hydrogen) atoms. The highest BCUT2D eigenvalue weighted by molar-refractivity contribution is 7.99. The van der Waals surface area contributed by atoms with Crippen molar-refractivity contribution >= 4 is 23.4 Å². The molecule has 0 unspecified atom stereocenters. The molecule has 0 aliphatic rings. The molecule has 4 heteroatoms. The molecule has 0 radical (unpaired) electrons. The van der Waals surface area contributed by atoms with Crippen LogP contribution >= 0.6 is 11.8 Å². The number of anilines is 1. The lowest BCUT2D eigenvalue weighted by Gasteiger charge is -2.09. The molecular weight excluding hydrogens is 273 g/mol. The lowest BCUT2D eigenvalue weighted by Crippen LogP contribution is -2.13. The van der Waals surface area contributed by atoms with Gasteiger partial charge in [-0.3, -0.25) is 4.79 Å². The zero-order valence-corrected chi connectivity index (χ0v) is 12.0. The highest BCUT2D eigenvalue weighted by atomic mass is 32.2. The van der Waals surface area contributed by atoms with Crippen molar-refractivity contribution in [3.05, 3.63) is 59.9 Å². The van der Waals surface area contributed by atoms with E-state index in [1.165, 1.54) is 12.1 Å². The van der Waals surface area contributed by atoms with Gasteiger partial charge in [-0.05, 0) is 42.5 Å². The standard InChI is InChI=1S/C16H16FNOS/c1-2-10-20-15-9-4-3-8-14(15)16(19)18-13-7-5-6-12(17)11-13/h3-9,11H,2,10H2,1H3,(H,18,19). The summed E-state index contributed by atoms with van der Waals surface area (Å²) in [6.07, 6.45) is 1.05. The number of hydrogen-bond acceptors (Lipinski definition) is 2. The molecule has 0 fully saturated rings. The molecule has 0 aromatic heterocycles. The quantitative estimate of drug-likeness (QED) is 0.816. The number of carbonyl (C=O) groups excluding carboxylic acids is 1. The van der Waals surface area contributed by atoms with Gasteiger partial charge in [0, 0.05) is 10.6 Å². The minimum absolute atomic E-state index is 0.213. The zero-order valence-electron chi connectivity index (χ0n) is 11.2. The number of benzene rings is 2. The molecule has 1 N–H and O–H groups in total. The Hall–Kier alpha value is -1.81. The Labute approximate surface area is 122 Å². The molecule has 0 aliphatic heterocycles. The molecular formula is C16H16FNOS. The van der Waals surface area contributed by atoms with E-state index in [-0.39, 0.29) is 11.7 Å². The third kappa shape index (κ3) is 3.84. The summed E-state index contributed by atoms with van der Waals surface area (Å²) in [4.78, 5) is 13.2. The summed E-state index contributed by atoms with van der Waals surface area (Å²) in [5.74, 6) is 0.385. The van der Waals surface area contributed by atoms with E-state index < -0.39 is 0 Å². The normalized spacial score (nSPS) is 10.3. The minimum Gasteiger partial charge on any atom is -0.322 e. The first kappa shape index (κ1) is 14.6. The first-order chi connectivity index (χ1) is 9.70. The fraction of sp³-hybridized carbons (Fsp3) is 0.188. The Bertz CT molecular complexity index is 601. The Kier molecular flexibility index (Phi) is 5.18. The monoisotopic (exact) mass is 289 g/mol. The van der Waals surface area contributed by atoms with E-state index in [1.807, 2.05) is 18.2 Å². The number of thioether (sulfide) groups is 1. The summed E-state index contributed by atoms with van der Waals surface area (Å²) >= 11 is 1.65. The average Bonchev–Trinajstić information content (AvgIpc) is 2.45. The molecule has 0 aliphatic carbocycles. The van der Waals surface area contributed by atoms with Crippen LogP contribution in [0, 0.1) is 5.82 Å². The number of carbonyl (C=O) groups is 1. The van der Waals surface area contributed by atoms with Gasteiger partial charge in [0.1, 0.15) is 5.82 Å². The number of nitrogens with one attached hydrogen (secondary N) is 1. The van der Waals surface area contributed by atoms with Gasteiger partial charge in [-0.2, -0.15) is 0 Å². The Balaban J connectivity index is 2.16. The van der Waals surface area contributed by atoms with Gasteiger partial charge < -0.3 is 5.32 Å². The van der Waals surface area contributed by atoms with Crippen molar-refractivity contribution in [2.45, 2.75) is 18.2 Å². The summed E-state index contributed by atoms with van der Waals surface area (Å²) in [7, 11) is 0. The van der Waals surface area contributed by atoms with Crippen LogP contribution in [0.5, 0.6) is 0 Å². The van der Waals surface area contributed by atoms with Gasteiger partial charge in [0.05, 0.1) is 5.56 Å². The zero-order chi connectivity index (χ0) is 14.4. The van der Waals surface area contributed by atoms with Gasteiger partial charge in [-0.25, -0.2) is 4.39 Å². The van der Waals surface area contributed by atoms with E-state index >= 15 is 0 Å². The molecule has 0 atom stereocenters. The van der Waals surface area contributed by atoms with Gasteiger partial charge in [0.15, 0.2) is 0 Å². The topological polar surface area (TPSA) is 29.1 Å². The van der Waals surface area contributed by atoms with Gasteiger partial charge >= 0.3 is 0 Å². The second kappa shape index (κ2) is 7.10. The number of rotatable bonds is 5. The highest BCUT2D eigenvalue weighted by Crippen LogP contribution is 2.24. The summed E-state index contributed by atoms with van der Waals surface area (Å²) in [6.45, 7) is 2.10. The molecule has 2 aromatic rings. The van der Waals surface area contributed by atoms with E-state index in [9.17, 15) is 9.18 Å². The number of hydrogen-bond donors (Lipinski definition) is 1. The van der Waals surface area contributed by atoms with Crippen molar-refractivity contribution in [3.63, 3.8) is 0 Å². The summed E-state index contributed by atoms with van der Waals surface area (Å²) < 4.78 is 13.1. The Morgan fingerprint density at radius 2 is 2.00 bits per heavy atom. The van der Waals surface area contributed by atoms with Crippen LogP contribution in [0.1, 0.15) is 23.7 Å². The van der Waals surface area contributed by atoms with Gasteiger partial charge in [0.25, 0.3) is 5.91 Å². The van der Waals surface area contributed by atoms with Crippen LogP contribution in [0.15, 0.2) is 53.4 Å². The lowest BCUT2D eigenvalue weighted by atomic mass is 10.2. The molecule has 2 aromatic carbocycles. The van der Waals surface area contributed by atoms with Crippen LogP contribution in [-0.4, -0.2) is 11.7 Å². The maximum atomic E-state index is 13.1. The molecule has 0 saturated heterocycles. The van der Waals surface area contributed by atoms with Crippen molar-refractivity contribution < 1.29 is 9.18 Å². The van der Waals surface area contributed by atoms with Crippen LogP contribution < -0.4 is 5.32 Å². The van der Waals surface area contributed by atoms with Crippen molar-refractivity contribution in [3.8, 4) is 0 Å². The van der Waals surface area contributed by atoms with Crippen LogP contribution in [0.25, 0.3) is 0 Å². The Morgan fingerprint density at radius 3 is 2.75 bits per heavy atom. The highest BCUT2D eigenvalue weighted by Gasteiger charge is 2.11.